The average Bonchev–Trinajstić information content (AvgIpc) is 3.21. The molecule has 164 valence electrons. The van der Waals surface area contributed by atoms with E-state index < -0.39 is 0 Å². The third-order valence-electron chi connectivity index (χ3n) is 5.83. The van der Waals surface area contributed by atoms with Crippen LogP contribution >= 0.6 is 11.3 Å². The first kappa shape index (κ1) is 21.9. The lowest BCUT2D eigenvalue weighted by Gasteiger charge is -2.27. The van der Waals surface area contributed by atoms with Gasteiger partial charge in [0.05, 0.1) is 29.9 Å². The molecule has 7 heteroatoms. The number of carbonyl (C=O) groups excluding carboxylic acids is 1. The Morgan fingerprint density at radius 3 is 2.65 bits per heavy atom. The van der Waals surface area contributed by atoms with Crippen molar-refractivity contribution in [2.45, 2.75) is 26.7 Å². The van der Waals surface area contributed by atoms with Gasteiger partial charge in [0, 0.05) is 26.2 Å². The smallest absolute Gasteiger partial charge is 0.233 e. The number of anilines is 1. The van der Waals surface area contributed by atoms with Gasteiger partial charge < -0.3 is 4.74 Å². The first-order valence-electron chi connectivity index (χ1n) is 10.7. The number of morpholine rings is 1. The molecule has 1 fully saturated rings. The Morgan fingerprint density at radius 1 is 1.16 bits per heavy atom. The lowest BCUT2D eigenvalue weighted by molar-refractivity contribution is -0.118. The Hall–Kier alpha value is -2.35. The van der Waals surface area contributed by atoms with E-state index in [1.165, 1.54) is 17.7 Å². The van der Waals surface area contributed by atoms with Gasteiger partial charge in [0.2, 0.25) is 5.91 Å². The Morgan fingerprint density at radius 2 is 1.90 bits per heavy atom. The van der Waals surface area contributed by atoms with E-state index in [1.807, 2.05) is 4.90 Å². The molecule has 1 aliphatic rings. The Balaban J connectivity index is 1.54. The minimum atomic E-state index is -0.296. The first-order chi connectivity index (χ1) is 15.0. The molecule has 5 nitrogen and oxygen atoms in total. The highest BCUT2D eigenvalue weighted by molar-refractivity contribution is 7.22. The Labute approximate surface area is 186 Å². The van der Waals surface area contributed by atoms with E-state index in [1.54, 1.807) is 23.5 Å². The zero-order chi connectivity index (χ0) is 21.8. The number of aromatic nitrogens is 1. The van der Waals surface area contributed by atoms with Crippen molar-refractivity contribution in [1.29, 1.82) is 0 Å². The molecule has 0 spiro atoms. The van der Waals surface area contributed by atoms with Crippen LogP contribution in [0.5, 0.6) is 0 Å². The van der Waals surface area contributed by atoms with Crippen molar-refractivity contribution in [1.82, 2.24) is 9.88 Å². The van der Waals surface area contributed by atoms with Gasteiger partial charge in [0.1, 0.15) is 5.82 Å². The van der Waals surface area contributed by atoms with Crippen molar-refractivity contribution in [2.75, 3.05) is 44.3 Å². The first-order valence-corrected chi connectivity index (χ1v) is 11.5. The summed E-state index contributed by atoms with van der Waals surface area (Å²) in [6, 6.07) is 10.3. The predicted octanol–water partition coefficient (Wildman–Crippen LogP) is 4.35. The third-order valence-corrected chi connectivity index (χ3v) is 6.88. The number of fused-ring (bicyclic) bond motifs is 1. The maximum atomic E-state index is 13.3. The molecule has 2 aromatic carbocycles. The fraction of sp³-hybridized carbons (Fsp3) is 0.417. The maximum absolute atomic E-state index is 13.3. The highest BCUT2D eigenvalue weighted by atomic mass is 32.1. The molecule has 0 saturated carbocycles. The van der Waals surface area contributed by atoms with E-state index in [2.05, 4.69) is 30.9 Å². The van der Waals surface area contributed by atoms with Crippen LogP contribution < -0.4 is 4.90 Å². The van der Waals surface area contributed by atoms with Crippen LogP contribution in [0.2, 0.25) is 0 Å². The second-order valence-electron chi connectivity index (χ2n) is 8.01. The summed E-state index contributed by atoms with van der Waals surface area (Å²) >= 11 is 1.56. The van der Waals surface area contributed by atoms with Gasteiger partial charge in [-0.05, 0) is 55.2 Å². The number of nitrogens with zero attached hydrogens (tertiary/aromatic N) is 3. The molecule has 0 aliphatic carbocycles. The number of aryl methyl sites for hydroxylation is 2. The number of benzene rings is 2. The molecule has 0 atom stereocenters. The van der Waals surface area contributed by atoms with E-state index in [0.717, 1.165) is 65.7 Å². The summed E-state index contributed by atoms with van der Waals surface area (Å²) < 4.78 is 19.8. The van der Waals surface area contributed by atoms with Crippen LogP contribution in [-0.4, -0.2) is 55.2 Å². The van der Waals surface area contributed by atoms with Crippen LogP contribution in [0.4, 0.5) is 9.52 Å². The molecule has 1 aromatic heterocycles. The van der Waals surface area contributed by atoms with Crippen LogP contribution in [-0.2, 0) is 16.0 Å². The summed E-state index contributed by atoms with van der Waals surface area (Å²) in [5.74, 6) is -0.308. The minimum absolute atomic E-state index is 0.0120. The van der Waals surface area contributed by atoms with Gasteiger partial charge in [-0.1, -0.05) is 29.5 Å². The molecule has 2 heterocycles. The fourth-order valence-electron chi connectivity index (χ4n) is 3.81. The lowest BCUT2D eigenvalue weighted by atomic mass is 10.1. The molecule has 0 bridgehead atoms. The molecular weight excluding hydrogens is 413 g/mol. The van der Waals surface area contributed by atoms with Gasteiger partial charge >= 0.3 is 0 Å². The Kier molecular flexibility index (Phi) is 6.95. The summed E-state index contributed by atoms with van der Waals surface area (Å²) in [5.41, 5.74) is 4.12. The molecular formula is C24H28FN3O2S. The molecule has 1 amide bonds. The van der Waals surface area contributed by atoms with Crippen LogP contribution in [0.25, 0.3) is 10.2 Å². The molecule has 0 radical (unpaired) electrons. The number of ether oxygens (including phenoxy) is 1. The SMILES string of the molecule is Cc1ccc2sc(N(CCCN3CCOCC3)C(=O)Cc3ccc(F)cc3)nc2c1C. The summed E-state index contributed by atoms with van der Waals surface area (Å²) in [4.78, 5) is 22.3. The quantitative estimate of drug-likeness (QED) is 0.547. The predicted molar refractivity (Wildman–Crippen MR) is 123 cm³/mol. The summed E-state index contributed by atoms with van der Waals surface area (Å²) in [6.45, 7) is 9.08. The van der Waals surface area contributed by atoms with Crippen LogP contribution in [0.15, 0.2) is 36.4 Å². The molecule has 1 saturated heterocycles. The van der Waals surface area contributed by atoms with E-state index in [-0.39, 0.29) is 18.1 Å². The lowest BCUT2D eigenvalue weighted by Crippen LogP contribution is -2.39. The van der Waals surface area contributed by atoms with Crippen molar-refractivity contribution < 1.29 is 13.9 Å². The monoisotopic (exact) mass is 441 g/mol. The summed E-state index contributed by atoms with van der Waals surface area (Å²) in [5, 5.41) is 0.734. The molecule has 1 aliphatic heterocycles. The fourth-order valence-corrected chi connectivity index (χ4v) is 4.87. The van der Waals surface area contributed by atoms with Crippen LogP contribution in [0, 0.1) is 19.7 Å². The largest absolute Gasteiger partial charge is 0.379 e. The van der Waals surface area contributed by atoms with Gasteiger partial charge in [-0.2, -0.15) is 0 Å². The number of hydrogen-bond acceptors (Lipinski definition) is 5. The van der Waals surface area contributed by atoms with E-state index in [0.29, 0.717) is 6.54 Å². The van der Waals surface area contributed by atoms with Crippen molar-refractivity contribution in [2.24, 2.45) is 0 Å². The number of hydrogen-bond donors (Lipinski definition) is 0. The number of halogens is 1. The third kappa shape index (κ3) is 5.29. The molecule has 4 rings (SSSR count). The van der Waals surface area contributed by atoms with Gasteiger partial charge in [0.15, 0.2) is 5.13 Å². The van der Waals surface area contributed by atoms with Gasteiger partial charge in [0.25, 0.3) is 0 Å². The van der Waals surface area contributed by atoms with E-state index >= 15 is 0 Å². The number of thiazole rings is 1. The summed E-state index contributed by atoms with van der Waals surface area (Å²) in [6.07, 6.45) is 1.09. The maximum Gasteiger partial charge on any atom is 0.233 e. The average molecular weight is 442 g/mol. The minimum Gasteiger partial charge on any atom is -0.379 e. The van der Waals surface area contributed by atoms with Crippen LogP contribution in [0.3, 0.4) is 0 Å². The summed E-state index contributed by atoms with van der Waals surface area (Å²) in [7, 11) is 0. The highest BCUT2D eigenvalue weighted by Gasteiger charge is 2.21. The van der Waals surface area contributed by atoms with Crippen molar-refractivity contribution in [3.8, 4) is 0 Å². The molecule has 0 N–H and O–H groups in total. The number of rotatable bonds is 7. The molecule has 3 aromatic rings. The second kappa shape index (κ2) is 9.85. The van der Waals surface area contributed by atoms with Crippen LogP contribution in [0.1, 0.15) is 23.1 Å². The zero-order valence-electron chi connectivity index (χ0n) is 18.1. The van der Waals surface area contributed by atoms with Crippen molar-refractivity contribution in [3.63, 3.8) is 0 Å². The highest BCUT2D eigenvalue weighted by Crippen LogP contribution is 2.32. The number of carbonyl (C=O) groups is 1. The van der Waals surface area contributed by atoms with Gasteiger partial charge in [-0.3, -0.25) is 14.6 Å². The van der Waals surface area contributed by atoms with Crippen molar-refractivity contribution >= 4 is 32.6 Å². The standard InChI is InChI=1S/C24H28FN3O2S/c1-17-4-9-21-23(18(17)2)26-24(31-21)28(11-3-10-27-12-14-30-15-13-27)22(29)16-19-5-7-20(25)8-6-19/h4-9H,3,10-16H2,1-2H3. The Bertz CT molecular complexity index is 1040. The molecule has 0 unspecified atom stereocenters. The topological polar surface area (TPSA) is 45.7 Å². The zero-order valence-corrected chi connectivity index (χ0v) is 18.9. The van der Waals surface area contributed by atoms with Gasteiger partial charge in [-0.15, -0.1) is 0 Å². The van der Waals surface area contributed by atoms with E-state index in [4.69, 9.17) is 9.72 Å². The molecule has 31 heavy (non-hydrogen) atoms. The number of amides is 1. The second-order valence-corrected chi connectivity index (χ2v) is 9.02. The van der Waals surface area contributed by atoms with Crippen molar-refractivity contribution in [3.05, 3.63) is 58.9 Å². The van der Waals surface area contributed by atoms with E-state index in [9.17, 15) is 9.18 Å². The van der Waals surface area contributed by atoms with Gasteiger partial charge in [-0.25, -0.2) is 9.37 Å². The normalized spacial score (nSPS) is 14.8.